The second-order valence-electron chi connectivity index (χ2n) is 4.75. The average molecular weight is 362 g/mol. The molecular weight excluding hydrogens is 346 g/mol. The van der Waals surface area contributed by atoms with Crippen LogP contribution in [-0.4, -0.2) is 22.7 Å². The Labute approximate surface area is 137 Å². The number of aromatic hydroxyl groups is 2. The van der Waals surface area contributed by atoms with Crippen molar-refractivity contribution in [3.8, 4) is 11.5 Å². The van der Waals surface area contributed by atoms with Gasteiger partial charge in [0.05, 0.1) is 0 Å². The van der Waals surface area contributed by atoms with Gasteiger partial charge in [-0.25, -0.2) is 0 Å². The summed E-state index contributed by atoms with van der Waals surface area (Å²) in [5.74, 6) is -0.599. The molecule has 2 rings (SSSR count). The molecule has 1 amide bonds. The van der Waals surface area contributed by atoms with Gasteiger partial charge < -0.3 is 15.5 Å². The summed E-state index contributed by atoms with van der Waals surface area (Å²) in [6.07, 6.45) is 3.73. The molecule has 3 N–H and O–H groups in total. The number of hydrogen-bond donors (Lipinski definition) is 3. The first-order chi connectivity index (χ1) is 10.5. The zero-order chi connectivity index (χ0) is 15.9. The second kappa shape index (κ2) is 7.66. The smallest absolute Gasteiger partial charge is 0.244 e. The molecule has 5 heteroatoms. The minimum Gasteiger partial charge on any atom is -0.504 e. The molecule has 2 aromatic carbocycles. The summed E-state index contributed by atoms with van der Waals surface area (Å²) in [4.78, 5) is 11.7. The lowest BCUT2D eigenvalue weighted by atomic mass is 10.1. The van der Waals surface area contributed by atoms with Crippen molar-refractivity contribution >= 4 is 27.9 Å². The second-order valence-corrected chi connectivity index (χ2v) is 5.66. The van der Waals surface area contributed by atoms with E-state index in [4.69, 9.17) is 0 Å². The van der Waals surface area contributed by atoms with E-state index in [1.165, 1.54) is 18.2 Å². The van der Waals surface area contributed by atoms with Crippen LogP contribution in [-0.2, 0) is 11.2 Å². The van der Waals surface area contributed by atoms with Gasteiger partial charge in [0.1, 0.15) is 0 Å². The van der Waals surface area contributed by atoms with Gasteiger partial charge >= 0.3 is 0 Å². The van der Waals surface area contributed by atoms with E-state index in [1.807, 2.05) is 24.3 Å². The van der Waals surface area contributed by atoms with Gasteiger partial charge in [0, 0.05) is 17.1 Å². The van der Waals surface area contributed by atoms with E-state index in [1.54, 1.807) is 12.1 Å². The zero-order valence-corrected chi connectivity index (χ0v) is 13.4. The van der Waals surface area contributed by atoms with Crippen molar-refractivity contribution in [3.05, 3.63) is 64.1 Å². The van der Waals surface area contributed by atoms with Gasteiger partial charge in [0.15, 0.2) is 11.5 Å². The minimum atomic E-state index is -0.210. The molecule has 2 aromatic rings. The van der Waals surface area contributed by atoms with Crippen LogP contribution in [0, 0.1) is 0 Å². The van der Waals surface area contributed by atoms with Gasteiger partial charge in [-0.1, -0.05) is 34.1 Å². The van der Waals surface area contributed by atoms with Gasteiger partial charge in [0.2, 0.25) is 5.91 Å². The summed E-state index contributed by atoms with van der Waals surface area (Å²) in [5.41, 5.74) is 1.79. The van der Waals surface area contributed by atoms with E-state index < -0.39 is 0 Å². The first kappa shape index (κ1) is 16.1. The number of amides is 1. The van der Waals surface area contributed by atoms with E-state index in [0.717, 1.165) is 16.5 Å². The van der Waals surface area contributed by atoms with Crippen molar-refractivity contribution in [1.29, 1.82) is 0 Å². The molecule has 0 unspecified atom stereocenters. The lowest BCUT2D eigenvalue weighted by Gasteiger charge is -2.03. The van der Waals surface area contributed by atoms with E-state index in [2.05, 4.69) is 21.2 Å². The van der Waals surface area contributed by atoms with Gasteiger partial charge in [-0.05, 0) is 47.9 Å². The largest absolute Gasteiger partial charge is 0.504 e. The number of halogens is 1. The third kappa shape index (κ3) is 4.93. The van der Waals surface area contributed by atoms with Crippen LogP contribution in [0.25, 0.3) is 6.08 Å². The predicted octanol–water partition coefficient (Wildman–Crippen LogP) is 3.23. The number of carbonyl (C=O) groups excluding carboxylic acids is 1. The van der Waals surface area contributed by atoms with Crippen molar-refractivity contribution < 1.29 is 15.0 Å². The Morgan fingerprint density at radius 2 is 1.82 bits per heavy atom. The SMILES string of the molecule is O=C(/C=C/c1ccc(O)c(O)c1)NCCc1ccc(Br)cc1. The number of phenols is 2. The molecule has 0 bridgehead atoms. The third-order valence-electron chi connectivity index (χ3n) is 3.05. The fourth-order valence-corrected chi connectivity index (χ4v) is 2.12. The summed E-state index contributed by atoms with van der Waals surface area (Å²) in [6, 6.07) is 12.3. The topological polar surface area (TPSA) is 69.6 Å². The van der Waals surface area contributed by atoms with Crippen LogP contribution >= 0.6 is 15.9 Å². The minimum absolute atomic E-state index is 0.184. The molecule has 0 aliphatic heterocycles. The van der Waals surface area contributed by atoms with Crippen LogP contribution in [0.2, 0.25) is 0 Å². The highest BCUT2D eigenvalue weighted by molar-refractivity contribution is 9.10. The lowest BCUT2D eigenvalue weighted by Crippen LogP contribution is -2.23. The number of carbonyl (C=O) groups is 1. The first-order valence-electron chi connectivity index (χ1n) is 6.77. The fourth-order valence-electron chi connectivity index (χ4n) is 1.86. The quantitative estimate of drug-likeness (QED) is 0.565. The van der Waals surface area contributed by atoms with Crippen molar-refractivity contribution in [2.75, 3.05) is 6.54 Å². The Bertz CT molecular complexity index is 681. The van der Waals surface area contributed by atoms with Gasteiger partial charge in [-0.15, -0.1) is 0 Å². The molecule has 0 saturated carbocycles. The van der Waals surface area contributed by atoms with Crippen molar-refractivity contribution in [1.82, 2.24) is 5.32 Å². The van der Waals surface area contributed by atoms with Gasteiger partial charge in [-0.2, -0.15) is 0 Å². The van der Waals surface area contributed by atoms with Crippen LogP contribution in [0.3, 0.4) is 0 Å². The third-order valence-corrected chi connectivity index (χ3v) is 3.58. The van der Waals surface area contributed by atoms with Crippen molar-refractivity contribution in [3.63, 3.8) is 0 Å². The molecule has 0 fully saturated rings. The van der Waals surface area contributed by atoms with Crippen LogP contribution in [0.5, 0.6) is 11.5 Å². The van der Waals surface area contributed by atoms with Gasteiger partial charge in [-0.3, -0.25) is 4.79 Å². The Morgan fingerprint density at radius 1 is 1.09 bits per heavy atom. The summed E-state index contributed by atoms with van der Waals surface area (Å²) in [5, 5.41) is 21.4. The summed E-state index contributed by atoms with van der Waals surface area (Å²) in [6.45, 7) is 0.547. The number of hydrogen-bond acceptors (Lipinski definition) is 3. The molecule has 114 valence electrons. The van der Waals surface area contributed by atoms with Crippen LogP contribution < -0.4 is 5.32 Å². The van der Waals surface area contributed by atoms with Crippen molar-refractivity contribution in [2.24, 2.45) is 0 Å². The maximum absolute atomic E-state index is 11.7. The molecule has 0 aromatic heterocycles. The fraction of sp³-hybridized carbons (Fsp3) is 0.118. The number of phenolic OH excluding ortho intramolecular Hbond substituents is 2. The molecule has 0 saturated heterocycles. The Hall–Kier alpha value is -2.27. The lowest BCUT2D eigenvalue weighted by molar-refractivity contribution is -0.116. The van der Waals surface area contributed by atoms with Gasteiger partial charge in [0.25, 0.3) is 0 Å². The molecule has 4 nitrogen and oxygen atoms in total. The molecule has 0 heterocycles. The highest BCUT2D eigenvalue weighted by atomic mass is 79.9. The molecule has 0 aliphatic carbocycles. The molecule has 0 atom stereocenters. The monoisotopic (exact) mass is 361 g/mol. The molecule has 22 heavy (non-hydrogen) atoms. The number of rotatable bonds is 5. The molecule has 0 spiro atoms. The summed E-state index contributed by atoms with van der Waals surface area (Å²) in [7, 11) is 0. The highest BCUT2D eigenvalue weighted by Crippen LogP contribution is 2.25. The van der Waals surface area contributed by atoms with E-state index in [9.17, 15) is 15.0 Å². The van der Waals surface area contributed by atoms with Crippen LogP contribution in [0.15, 0.2) is 53.0 Å². The number of benzene rings is 2. The average Bonchev–Trinajstić information content (AvgIpc) is 2.50. The Kier molecular flexibility index (Phi) is 5.61. The van der Waals surface area contributed by atoms with Crippen LogP contribution in [0.1, 0.15) is 11.1 Å². The number of nitrogens with one attached hydrogen (secondary N) is 1. The zero-order valence-electron chi connectivity index (χ0n) is 11.8. The predicted molar refractivity (Wildman–Crippen MR) is 89.7 cm³/mol. The molecular formula is C17H16BrNO3. The van der Waals surface area contributed by atoms with E-state index >= 15 is 0 Å². The maximum Gasteiger partial charge on any atom is 0.244 e. The first-order valence-corrected chi connectivity index (χ1v) is 7.56. The van der Waals surface area contributed by atoms with Crippen LogP contribution in [0.4, 0.5) is 0 Å². The summed E-state index contributed by atoms with van der Waals surface area (Å²) < 4.78 is 1.03. The van der Waals surface area contributed by atoms with E-state index in [-0.39, 0.29) is 17.4 Å². The Balaban J connectivity index is 1.81. The van der Waals surface area contributed by atoms with E-state index in [0.29, 0.717) is 12.1 Å². The molecule has 0 aliphatic rings. The molecule has 0 radical (unpaired) electrons. The van der Waals surface area contributed by atoms with Crippen molar-refractivity contribution in [2.45, 2.75) is 6.42 Å². The summed E-state index contributed by atoms with van der Waals surface area (Å²) >= 11 is 3.38. The Morgan fingerprint density at radius 3 is 2.50 bits per heavy atom. The normalized spacial score (nSPS) is 10.8. The maximum atomic E-state index is 11.7. The highest BCUT2D eigenvalue weighted by Gasteiger charge is 2.00. The standard InChI is InChI=1S/C17H16BrNO3/c18-14-5-1-12(2-6-14)9-10-19-17(22)8-4-13-3-7-15(20)16(21)11-13/h1-8,11,20-21H,9-10H2,(H,19,22)/b8-4+.